The van der Waals surface area contributed by atoms with Gasteiger partial charge in [0.2, 0.25) is 0 Å². The topological polar surface area (TPSA) is 18.5 Å². The summed E-state index contributed by atoms with van der Waals surface area (Å²) < 4.78 is 11.3. The van der Waals surface area contributed by atoms with Gasteiger partial charge in [0.15, 0.2) is 0 Å². The molecule has 0 fully saturated rings. The van der Waals surface area contributed by atoms with E-state index in [0.717, 1.165) is 11.5 Å². The number of hydrogen-bond donors (Lipinski definition) is 0. The van der Waals surface area contributed by atoms with Crippen molar-refractivity contribution in [1.82, 2.24) is 0 Å². The molecule has 0 N–H and O–H groups in total. The molecule has 1 rings (SSSR count). The highest BCUT2D eigenvalue weighted by Crippen LogP contribution is 2.35. The SMILES string of the molecule is CP(C)Oc1cccc(OP(C)C)c1. The average molecular weight is 230 g/mol. The summed E-state index contributed by atoms with van der Waals surface area (Å²) in [6.07, 6.45) is 0. The highest BCUT2D eigenvalue weighted by molar-refractivity contribution is 7.51. The minimum atomic E-state index is -0.360. The molecule has 0 spiro atoms. The maximum absolute atomic E-state index is 5.63. The van der Waals surface area contributed by atoms with Gasteiger partial charge in [-0.05, 0) is 38.8 Å². The summed E-state index contributed by atoms with van der Waals surface area (Å²) in [5, 5.41) is 0. The van der Waals surface area contributed by atoms with Crippen LogP contribution in [0.25, 0.3) is 0 Å². The van der Waals surface area contributed by atoms with E-state index in [-0.39, 0.29) is 16.3 Å². The van der Waals surface area contributed by atoms with Gasteiger partial charge in [0.05, 0.1) is 16.3 Å². The van der Waals surface area contributed by atoms with Crippen LogP contribution in [0.5, 0.6) is 11.5 Å². The van der Waals surface area contributed by atoms with E-state index in [4.69, 9.17) is 9.05 Å². The minimum Gasteiger partial charge on any atom is -0.475 e. The third-order valence-corrected chi connectivity index (χ3v) is 2.53. The lowest BCUT2D eigenvalue weighted by atomic mass is 10.3. The Morgan fingerprint density at radius 1 is 0.857 bits per heavy atom. The standard InChI is InChI=1S/C10H16O2P2/c1-13(2)11-9-6-5-7-10(8-9)12-14(3)4/h5-8H,1-4H3. The van der Waals surface area contributed by atoms with Crippen LogP contribution < -0.4 is 9.05 Å². The zero-order valence-corrected chi connectivity index (χ0v) is 10.8. The van der Waals surface area contributed by atoms with E-state index < -0.39 is 0 Å². The molecule has 1 aromatic rings. The Kier molecular flexibility index (Phi) is 4.65. The highest BCUT2D eigenvalue weighted by Gasteiger charge is 2.01. The second kappa shape index (κ2) is 5.53. The molecule has 0 radical (unpaired) electrons. The summed E-state index contributed by atoms with van der Waals surface area (Å²) in [6, 6.07) is 7.83. The molecule has 0 bridgehead atoms. The summed E-state index contributed by atoms with van der Waals surface area (Å²) in [4.78, 5) is 0. The zero-order chi connectivity index (χ0) is 10.6. The fraction of sp³-hybridized carbons (Fsp3) is 0.400. The van der Waals surface area contributed by atoms with Crippen LogP contribution in [0.2, 0.25) is 0 Å². The van der Waals surface area contributed by atoms with E-state index in [1.54, 1.807) is 0 Å². The molecule has 2 nitrogen and oxygen atoms in total. The fourth-order valence-corrected chi connectivity index (χ4v) is 2.08. The molecule has 14 heavy (non-hydrogen) atoms. The van der Waals surface area contributed by atoms with Gasteiger partial charge in [0, 0.05) is 6.07 Å². The van der Waals surface area contributed by atoms with Crippen molar-refractivity contribution in [3.63, 3.8) is 0 Å². The van der Waals surface area contributed by atoms with E-state index >= 15 is 0 Å². The van der Waals surface area contributed by atoms with E-state index in [1.807, 2.05) is 24.3 Å². The van der Waals surface area contributed by atoms with Crippen molar-refractivity contribution < 1.29 is 9.05 Å². The van der Waals surface area contributed by atoms with Crippen LogP contribution in [0.1, 0.15) is 0 Å². The van der Waals surface area contributed by atoms with Gasteiger partial charge < -0.3 is 9.05 Å². The minimum absolute atomic E-state index is 0.360. The van der Waals surface area contributed by atoms with E-state index in [9.17, 15) is 0 Å². The van der Waals surface area contributed by atoms with Gasteiger partial charge in [0.1, 0.15) is 11.5 Å². The lowest BCUT2D eigenvalue weighted by molar-refractivity contribution is 0.595. The van der Waals surface area contributed by atoms with Crippen LogP contribution >= 0.6 is 16.3 Å². The monoisotopic (exact) mass is 230 g/mol. The van der Waals surface area contributed by atoms with Crippen LogP contribution in [-0.4, -0.2) is 26.7 Å². The first kappa shape index (κ1) is 11.8. The van der Waals surface area contributed by atoms with Gasteiger partial charge in [-0.15, -0.1) is 0 Å². The Balaban J connectivity index is 2.68. The summed E-state index contributed by atoms with van der Waals surface area (Å²) in [7, 11) is -0.719. The zero-order valence-electron chi connectivity index (χ0n) is 9.02. The first-order valence-corrected chi connectivity index (χ1v) is 8.69. The average Bonchev–Trinajstić information content (AvgIpc) is 2.01. The van der Waals surface area contributed by atoms with Crippen molar-refractivity contribution in [2.24, 2.45) is 0 Å². The lowest BCUT2D eigenvalue weighted by Crippen LogP contribution is -1.86. The second-order valence-electron chi connectivity index (χ2n) is 3.28. The van der Waals surface area contributed by atoms with E-state index in [1.165, 1.54) is 0 Å². The quantitative estimate of drug-likeness (QED) is 0.733. The van der Waals surface area contributed by atoms with Crippen LogP contribution in [0.3, 0.4) is 0 Å². The van der Waals surface area contributed by atoms with Gasteiger partial charge in [-0.2, -0.15) is 0 Å². The van der Waals surface area contributed by atoms with Crippen molar-refractivity contribution in [3.8, 4) is 11.5 Å². The molecule has 0 heterocycles. The molecular weight excluding hydrogens is 214 g/mol. The maximum atomic E-state index is 5.63. The van der Waals surface area contributed by atoms with Gasteiger partial charge >= 0.3 is 0 Å². The predicted octanol–water partition coefficient (Wildman–Crippen LogP) is 3.76. The van der Waals surface area contributed by atoms with Crippen LogP contribution in [0, 0.1) is 0 Å². The normalized spacial score (nSPS) is 10.7. The largest absolute Gasteiger partial charge is 0.475 e. The van der Waals surface area contributed by atoms with Crippen LogP contribution in [-0.2, 0) is 0 Å². The molecule has 0 unspecified atom stereocenters. The molecule has 1 aromatic carbocycles. The summed E-state index contributed by atoms with van der Waals surface area (Å²) in [5.41, 5.74) is 0. The third kappa shape index (κ3) is 4.26. The summed E-state index contributed by atoms with van der Waals surface area (Å²) in [6.45, 7) is 8.32. The van der Waals surface area contributed by atoms with Gasteiger partial charge in [-0.1, -0.05) is 6.07 Å². The molecule has 0 aliphatic heterocycles. The van der Waals surface area contributed by atoms with Crippen LogP contribution in [0.15, 0.2) is 24.3 Å². The lowest BCUT2D eigenvalue weighted by Gasteiger charge is -2.12. The van der Waals surface area contributed by atoms with Crippen molar-refractivity contribution in [2.75, 3.05) is 26.7 Å². The Labute approximate surface area is 88.3 Å². The number of hydrogen-bond acceptors (Lipinski definition) is 2. The molecule has 0 amide bonds. The molecule has 0 atom stereocenters. The van der Waals surface area contributed by atoms with Gasteiger partial charge in [-0.25, -0.2) is 0 Å². The molecule has 4 heteroatoms. The summed E-state index contributed by atoms with van der Waals surface area (Å²) in [5.74, 6) is 1.80. The fourth-order valence-electron chi connectivity index (χ4n) is 1.01. The maximum Gasteiger partial charge on any atom is 0.126 e. The van der Waals surface area contributed by atoms with Gasteiger partial charge in [-0.3, -0.25) is 0 Å². The van der Waals surface area contributed by atoms with E-state index in [0.29, 0.717) is 0 Å². The van der Waals surface area contributed by atoms with Gasteiger partial charge in [0.25, 0.3) is 0 Å². The number of rotatable bonds is 4. The number of benzene rings is 1. The Hall–Kier alpha value is -0.320. The van der Waals surface area contributed by atoms with Crippen molar-refractivity contribution in [3.05, 3.63) is 24.3 Å². The molecule has 0 saturated carbocycles. The first-order chi connectivity index (χ1) is 6.58. The summed E-state index contributed by atoms with van der Waals surface area (Å²) >= 11 is 0. The highest BCUT2D eigenvalue weighted by atomic mass is 31.1. The Bertz CT molecular complexity index is 262. The smallest absolute Gasteiger partial charge is 0.126 e. The molecule has 78 valence electrons. The van der Waals surface area contributed by atoms with Crippen molar-refractivity contribution in [2.45, 2.75) is 0 Å². The second-order valence-corrected chi connectivity index (χ2v) is 6.90. The van der Waals surface area contributed by atoms with Crippen molar-refractivity contribution >= 4 is 16.3 Å². The Morgan fingerprint density at radius 3 is 1.64 bits per heavy atom. The Morgan fingerprint density at radius 2 is 1.29 bits per heavy atom. The molecule has 0 aromatic heterocycles. The molecule has 0 aliphatic rings. The first-order valence-electron chi connectivity index (χ1n) is 4.38. The predicted molar refractivity (Wildman–Crippen MR) is 65.2 cm³/mol. The van der Waals surface area contributed by atoms with E-state index in [2.05, 4.69) is 26.7 Å². The van der Waals surface area contributed by atoms with Crippen molar-refractivity contribution in [1.29, 1.82) is 0 Å². The molecule has 0 saturated heterocycles. The molecular formula is C10H16O2P2. The van der Waals surface area contributed by atoms with Crippen LogP contribution in [0.4, 0.5) is 0 Å². The molecule has 0 aliphatic carbocycles. The third-order valence-electron chi connectivity index (χ3n) is 1.38.